The standard InChI is InChI=1S/C28H27FN4O5/c1-14-19(26(35)32-10-20(29)15(32)2)9-33-24(14)21(6-7-30-33)38-17-4-5-18-22(8-17)37-16(3)23(18)25(34)31-27-11-28(36,12-27)13-27/h4-9,15,20,36H,10-13H2,1-3H3,(H,31,34)/t15-,20+,27?,28?/m1/s1. The molecule has 0 radical (unpaired) electrons. The molecular weight excluding hydrogens is 491 g/mol. The molecule has 0 spiro atoms. The van der Waals surface area contributed by atoms with Crippen LogP contribution in [-0.2, 0) is 0 Å². The van der Waals surface area contributed by atoms with Gasteiger partial charge in [-0.25, -0.2) is 8.91 Å². The number of nitrogens with zero attached hydrogens (tertiary/aromatic N) is 3. The van der Waals surface area contributed by atoms with Gasteiger partial charge in [0.25, 0.3) is 11.8 Å². The second-order valence-corrected chi connectivity index (χ2v) is 11.2. The summed E-state index contributed by atoms with van der Waals surface area (Å²) in [5.74, 6) is 1.07. The fraction of sp³-hybridized carbons (Fsp3) is 0.393. The first kappa shape index (κ1) is 23.2. The zero-order valence-electron chi connectivity index (χ0n) is 21.2. The molecule has 1 aliphatic heterocycles. The molecule has 3 aliphatic carbocycles. The predicted molar refractivity (Wildman–Crippen MR) is 135 cm³/mol. The first-order valence-corrected chi connectivity index (χ1v) is 12.7. The summed E-state index contributed by atoms with van der Waals surface area (Å²) in [6, 6.07) is 6.56. The number of carbonyl (C=O) groups excluding carboxylic acids is 2. The number of aromatic nitrogens is 2. The molecule has 4 fully saturated rings. The van der Waals surface area contributed by atoms with E-state index in [4.69, 9.17) is 9.15 Å². The van der Waals surface area contributed by atoms with Gasteiger partial charge in [-0.1, -0.05) is 0 Å². The molecule has 1 saturated heterocycles. The van der Waals surface area contributed by atoms with Crippen LogP contribution in [0.15, 0.2) is 41.1 Å². The molecule has 4 aromatic rings. The Morgan fingerprint density at radius 1 is 1.24 bits per heavy atom. The molecule has 2 amide bonds. The van der Waals surface area contributed by atoms with Gasteiger partial charge < -0.3 is 24.5 Å². The first-order chi connectivity index (χ1) is 18.1. The van der Waals surface area contributed by atoms with E-state index in [0.29, 0.717) is 69.7 Å². The van der Waals surface area contributed by atoms with E-state index < -0.39 is 17.8 Å². The van der Waals surface area contributed by atoms with Crippen molar-refractivity contribution in [3.05, 3.63) is 59.1 Å². The molecular formula is C28H27FN4O5. The Hall–Kier alpha value is -3.92. The number of aliphatic hydroxyl groups is 1. The SMILES string of the molecule is Cc1oc2cc(Oc3ccnn4cc(C(=O)N5C[C@H](F)[C@H]5C)c(C)c34)ccc2c1C(=O)NC12CC(O)(C1)C2. The Morgan fingerprint density at radius 2 is 2.00 bits per heavy atom. The molecule has 2 N–H and O–H groups in total. The van der Waals surface area contributed by atoms with Crippen molar-refractivity contribution in [1.29, 1.82) is 0 Å². The van der Waals surface area contributed by atoms with Gasteiger partial charge >= 0.3 is 0 Å². The molecule has 1 aromatic carbocycles. The van der Waals surface area contributed by atoms with Crippen molar-refractivity contribution in [1.82, 2.24) is 19.8 Å². The highest BCUT2D eigenvalue weighted by molar-refractivity contribution is 6.08. The minimum atomic E-state index is -1.00. The van der Waals surface area contributed by atoms with Crippen molar-refractivity contribution < 1.29 is 28.2 Å². The number of aryl methyl sites for hydroxylation is 2. The topological polar surface area (TPSA) is 109 Å². The van der Waals surface area contributed by atoms with E-state index in [1.54, 1.807) is 55.0 Å². The summed E-state index contributed by atoms with van der Waals surface area (Å²) >= 11 is 0. The second-order valence-electron chi connectivity index (χ2n) is 11.2. The van der Waals surface area contributed by atoms with E-state index in [-0.39, 0.29) is 23.9 Å². The van der Waals surface area contributed by atoms with Crippen LogP contribution in [-0.4, -0.2) is 61.3 Å². The van der Waals surface area contributed by atoms with Gasteiger partial charge in [0.05, 0.1) is 35.5 Å². The molecule has 10 heteroatoms. The van der Waals surface area contributed by atoms with Gasteiger partial charge in [0.1, 0.15) is 28.8 Å². The summed E-state index contributed by atoms with van der Waals surface area (Å²) in [7, 11) is 0. The van der Waals surface area contributed by atoms with E-state index in [1.165, 1.54) is 4.90 Å². The highest BCUT2D eigenvalue weighted by Gasteiger charge is 2.68. The lowest BCUT2D eigenvalue weighted by atomic mass is 9.46. The highest BCUT2D eigenvalue weighted by atomic mass is 19.1. The maximum absolute atomic E-state index is 13.7. The van der Waals surface area contributed by atoms with Gasteiger partial charge in [-0.2, -0.15) is 5.10 Å². The van der Waals surface area contributed by atoms with Crippen LogP contribution in [0.3, 0.4) is 0 Å². The number of fused-ring (bicyclic) bond motifs is 2. The fourth-order valence-corrected chi connectivity index (χ4v) is 6.35. The first-order valence-electron chi connectivity index (χ1n) is 12.7. The average molecular weight is 519 g/mol. The Balaban J connectivity index is 1.17. The maximum atomic E-state index is 13.7. The van der Waals surface area contributed by atoms with Crippen molar-refractivity contribution in [3.8, 4) is 11.5 Å². The number of carbonyl (C=O) groups is 2. The smallest absolute Gasteiger partial charge is 0.256 e. The fourth-order valence-electron chi connectivity index (χ4n) is 6.35. The minimum absolute atomic E-state index is 0.0915. The minimum Gasteiger partial charge on any atom is -0.460 e. The van der Waals surface area contributed by atoms with Crippen molar-refractivity contribution in [2.24, 2.45) is 0 Å². The Labute approximate surface area is 217 Å². The van der Waals surface area contributed by atoms with Crippen LogP contribution < -0.4 is 10.1 Å². The third-order valence-electron chi connectivity index (χ3n) is 8.44. The largest absolute Gasteiger partial charge is 0.460 e. The van der Waals surface area contributed by atoms with Crippen molar-refractivity contribution in [2.75, 3.05) is 6.54 Å². The monoisotopic (exact) mass is 518 g/mol. The maximum Gasteiger partial charge on any atom is 0.256 e. The lowest BCUT2D eigenvalue weighted by Gasteiger charge is -2.67. The summed E-state index contributed by atoms with van der Waals surface area (Å²) in [4.78, 5) is 27.6. The molecule has 9 nitrogen and oxygen atoms in total. The number of nitrogens with one attached hydrogen (secondary N) is 1. The molecule has 38 heavy (non-hydrogen) atoms. The molecule has 3 saturated carbocycles. The number of rotatable bonds is 5. The second kappa shape index (κ2) is 7.57. The van der Waals surface area contributed by atoms with Crippen LogP contribution in [0.2, 0.25) is 0 Å². The summed E-state index contributed by atoms with van der Waals surface area (Å²) in [5.41, 5.74) is 1.89. The normalized spacial score (nSPS) is 27.6. The van der Waals surface area contributed by atoms with Gasteiger partial charge in [-0.15, -0.1) is 0 Å². The quantitative estimate of drug-likeness (QED) is 0.412. The van der Waals surface area contributed by atoms with Gasteiger partial charge in [-0.3, -0.25) is 9.59 Å². The van der Waals surface area contributed by atoms with E-state index in [2.05, 4.69) is 10.4 Å². The van der Waals surface area contributed by atoms with Gasteiger partial charge in [0.2, 0.25) is 0 Å². The van der Waals surface area contributed by atoms with Gasteiger partial charge in [-0.05, 0) is 57.7 Å². The number of alkyl halides is 1. The number of hydrogen-bond acceptors (Lipinski definition) is 6. The Morgan fingerprint density at radius 3 is 2.68 bits per heavy atom. The number of furan rings is 1. The molecule has 2 bridgehead atoms. The van der Waals surface area contributed by atoms with E-state index >= 15 is 0 Å². The highest BCUT2D eigenvalue weighted by Crippen LogP contribution is 2.60. The summed E-state index contributed by atoms with van der Waals surface area (Å²) in [6.45, 7) is 5.37. The van der Waals surface area contributed by atoms with Gasteiger partial charge in [0, 0.05) is 29.3 Å². The third-order valence-corrected chi connectivity index (χ3v) is 8.44. The van der Waals surface area contributed by atoms with Crippen molar-refractivity contribution in [3.63, 3.8) is 0 Å². The van der Waals surface area contributed by atoms with E-state index in [0.717, 1.165) is 0 Å². The zero-order valence-corrected chi connectivity index (χ0v) is 21.2. The molecule has 196 valence electrons. The Bertz CT molecular complexity index is 1650. The number of hydrogen-bond donors (Lipinski definition) is 2. The molecule has 4 aliphatic rings. The lowest BCUT2D eigenvalue weighted by Crippen LogP contribution is -2.78. The number of likely N-dealkylation sites (tertiary alicyclic amines) is 1. The Kier molecular flexibility index (Phi) is 4.62. The summed E-state index contributed by atoms with van der Waals surface area (Å²) in [5, 5.41) is 18.1. The third kappa shape index (κ3) is 3.22. The van der Waals surface area contributed by atoms with Crippen molar-refractivity contribution >= 4 is 28.3 Å². The number of halogens is 1. The van der Waals surface area contributed by atoms with Crippen LogP contribution in [0.5, 0.6) is 11.5 Å². The molecule has 8 rings (SSSR count). The molecule has 2 atom stereocenters. The number of amides is 2. The van der Waals surface area contributed by atoms with Crippen LogP contribution in [0.1, 0.15) is 58.2 Å². The van der Waals surface area contributed by atoms with Crippen LogP contribution in [0.25, 0.3) is 16.5 Å². The summed E-state index contributed by atoms with van der Waals surface area (Å²) < 4.78 is 27.4. The lowest BCUT2D eigenvalue weighted by molar-refractivity contribution is -0.215. The van der Waals surface area contributed by atoms with Crippen LogP contribution in [0, 0.1) is 13.8 Å². The van der Waals surface area contributed by atoms with Crippen LogP contribution >= 0.6 is 0 Å². The molecule has 4 heterocycles. The molecule has 0 unspecified atom stereocenters. The summed E-state index contributed by atoms with van der Waals surface area (Å²) in [6.07, 6.45) is 4.01. The van der Waals surface area contributed by atoms with Gasteiger partial charge in [0.15, 0.2) is 5.75 Å². The van der Waals surface area contributed by atoms with E-state index in [9.17, 15) is 19.1 Å². The number of benzene rings is 1. The van der Waals surface area contributed by atoms with E-state index in [1.807, 2.05) is 6.92 Å². The molecule has 3 aromatic heterocycles. The van der Waals surface area contributed by atoms with Crippen LogP contribution in [0.4, 0.5) is 4.39 Å². The number of ether oxygens (including phenoxy) is 1. The average Bonchev–Trinajstić information content (AvgIpc) is 3.36. The zero-order chi connectivity index (χ0) is 26.6. The predicted octanol–water partition coefficient (Wildman–Crippen LogP) is 4.07. The van der Waals surface area contributed by atoms with Crippen molar-refractivity contribution in [2.45, 2.75) is 63.4 Å².